The molecule has 0 spiro atoms. The van der Waals surface area contributed by atoms with E-state index in [1.165, 1.54) is 19.4 Å². The summed E-state index contributed by atoms with van der Waals surface area (Å²) in [5.74, 6) is 0.0360. The third kappa shape index (κ3) is 2.82. The molecule has 4 nitrogen and oxygen atoms in total. The van der Waals surface area contributed by atoms with Crippen molar-refractivity contribution in [1.82, 2.24) is 9.80 Å². The predicted molar refractivity (Wildman–Crippen MR) is 91.5 cm³/mol. The number of hydrogen-bond acceptors (Lipinski definition) is 3. The highest BCUT2D eigenvalue weighted by Gasteiger charge is 2.42. The topological polar surface area (TPSA) is 49.6 Å². The lowest BCUT2D eigenvalue weighted by molar-refractivity contribution is -0.142. The van der Waals surface area contributed by atoms with Crippen LogP contribution in [0.3, 0.4) is 0 Å². The van der Waals surface area contributed by atoms with Gasteiger partial charge in [0.25, 0.3) is 0 Å². The Labute approximate surface area is 140 Å². The van der Waals surface area contributed by atoms with E-state index in [4.69, 9.17) is 5.73 Å². The average molecular weight is 366 g/mol. The fourth-order valence-electron chi connectivity index (χ4n) is 3.69. The van der Waals surface area contributed by atoms with E-state index in [2.05, 4.69) is 27.8 Å². The van der Waals surface area contributed by atoms with E-state index in [-0.39, 0.29) is 11.9 Å². The molecule has 0 saturated carbocycles. The number of carbonyl (C=O) groups is 1. The molecule has 2 aliphatic heterocycles. The van der Waals surface area contributed by atoms with Gasteiger partial charge in [-0.2, -0.15) is 0 Å². The highest BCUT2D eigenvalue weighted by molar-refractivity contribution is 9.10. The van der Waals surface area contributed by atoms with Crippen molar-refractivity contribution in [2.75, 3.05) is 19.6 Å². The molecule has 2 N–H and O–H groups in total. The van der Waals surface area contributed by atoms with Gasteiger partial charge in [-0.15, -0.1) is 0 Å². The van der Waals surface area contributed by atoms with E-state index < -0.39 is 5.54 Å². The lowest BCUT2D eigenvalue weighted by atomic mass is 9.90. The van der Waals surface area contributed by atoms with Crippen LogP contribution in [0.4, 0.5) is 0 Å². The Morgan fingerprint density at radius 3 is 2.68 bits per heavy atom. The predicted octanol–water partition coefficient (Wildman–Crippen LogP) is 2.32. The van der Waals surface area contributed by atoms with E-state index in [1.807, 2.05) is 36.1 Å². The molecule has 0 bridgehead atoms. The van der Waals surface area contributed by atoms with Gasteiger partial charge in [0, 0.05) is 29.6 Å². The molecule has 1 amide bonds. The minimum atomic E-state index is -0.976. The SMILES string of the molecule is CC1CN2CCCC2CN1C(=O)C(C)(N)c1ccc(Br)cc1. The number of benzene rings is 1. The zero-order chi connectivity index (χ0) is 15.9. The largest absolute Gasteiger partial charge is 0.335 e. The van der Waals surface area contributed by atoms with Crippen LogP contribution in [-0.2, 0) is 10.3 Å². The van der Waals surface area contributed by atoms with E-state index in [9.17, 15) is 4.79 Å². The second-order valence-electron chi connectivity index (χ2n) is 6.81. The molecule has 1 aromatic rings. The maximum Gasteiger partial charge on any atom is 0.247 e. The normalized spacial score (nSPS) is 28.3. The molecule has 1 aromatic carbocycles. The number of nitrogens with zero attached hydrogens (tertiary/aromatic N) is 2. The van der Waals surface area contributed by atoms with Crippen molar-refractivity contribution in [2.45, 2.75) is 44.3 Å². The first-order valence-corrected chi connectivity index (χ1v) is 8.79. The molecule has 3 atom stereocenters. The number of hydrogen-bond donors (Lipinski definition) is 1. The number of fused-ring (bicyclic) bond motifs is 1. The van der Waals surface area contributed by atoms with E-state index >= 15 is 0 Å². The van der Waals surface area contributed by atoms with Crippen LogP contribution >= 0.6 is 15.9 Å². The maximum atomic E-state index is 13.1. The maximum absolute atomic E-state index is 13.1. The number of halogens is 1. The summed E-state index contributed by atoms with van der Waals surface area (Å²) in [7, 11) is 0. The second kappa shape index (κ2) is 5.95. The van der Waals surface area contributed by atoms with Crippen molar-refractivity contribution >= 4 is 21.8 Å². The zero-order valence-corrected chi connectivity index (χ0v) is 14.8. The Kier molecular flexibility index (Phi) is 4.32. The summed E-state index contributed by atoms with van der Waals surface area (Å²) in [6.45, 7) is 6.90. The van der Waals surface area contributed by atoms with Crippen molar-refractivity contribution in [1.29, 1.82) is 0 Å². The standard InChI is InChI=1S/C17H24BrN3O/c1-12-10-20-9-3-4-15(20)11-21(12)16(22)17(2,19)13-5-7-14(18)8-6-13/h5-8,12,15H,3-4,9-11,19H2,1-2H3. The summed E-state index contributed by atoms with van der Waals surface area (Å²) in [4.78, 5) is 17.6. The number of carbonyl (C=O) groups excluding carboxylic acids is 1. The van der Waals surface area contributed by atoms with Crippen LogP contribution < -0.4 is 5.73 Å². The molecular formula is C17H24BrN3O. The Balaban J connectivity index is 1.81. The quantitative estimate of drug-likeness (QED) is 0.874. The van der Waals surface area contributed by atoms with Gasteiger partial charge in [0.1, 0.15) is 5.54 Å². The third-order valence-electron chi connectivity index (χ3n) is 5.09. The molecule has 120 valence electrons. The Morgan fingerprint density at radius 2 is 2.00 bits per heavy atom. The Bertz CT molecular complexity index is 558. The molecule has 5 heteroatoms. The van der Waals surface area contributed by atoms with Gasteiger partial charge in [0.05, 0.1) is 0 Å². The average Bonchev–Trinajstić information content (AvgIpc) is 2.93. The molecule has 22 heavy (non-hydrogen) atoms. The molecule has 2 fully saturated rings. The van der Waals surface area contributed by atoms with Gasteiger partial charge >= 0.3 is 0 Å². The summed E-state index contributed by atoms with van der Waals surface area (Å²) in [6, 6.07) is 8.47. The number of rotatable bonds is 2. The van der Waals surface area contributed by atoms with Crippen LogP contribution in [0.1, 0.15) is 32.3 Å². The highest BCUT2D eigenvalue weighted by atomic mass is 79.9. The minimum absolute atomic E-state index is 0.0360. The van der Waals surface area contributed by atoms with Gasteiger partial charge in [-0.05, 0) is 50.9 Å². The molecule has 2 heterocycles. The summed E-state index contributed by atoms with van der Waals surface area (Å²) in [5, 5.41) is 0. The van der Waals surface area contributed by atoms with Gasteiger partial charge in [-0.25, -0.2) is 0 Å². The van der Waals surface area contributed by atoms with Crippen molar-refractivity contribution < 1.29 is 4.79 Å². The molecular weight excluding hydrogens is 342 g/mol. The highest BCUT2D eigenvalue weighted by Crippen LogP contribution is 2.29. The lowest BCUT2D eigenvalue weighted by Gasteiger charge is -2.45. The molecule has 0 aliphatic carbocycles. The summed E-state index contributed by atoms with van der Waals surface area (Å²) in [5.41, 5.74) is 6.33. The second-order valence-corrected chi connectivity index (χ2v) is 7.72. The number of nitrogens with two attached hydrogens (primary N) is 1. The third-order valence-corrected chi connectivity index (χ3v) is 5.62. The van der Waals surface area contributed by atoms with Crippen LogP contribution in [-0.4, -0.2) is 47.4 Å². The monoisotopic (exact) mass is 365 g/mol. The van der Waals surface area contributed by atoms with Crippen LogP contribution in [0.5, 0.6) is 0 Å². The lowest BCUT2D eigenvalue weighted by Crippen LogP contribution is -2.62. The van der Waals surface area contributed by atoms with Gasteiger partial charge in [-0.3, -0.25) is 9.69 Å². The Hall–Kier alpha value is -0.910. The van der Waals surface area contributed by atoms with Gasteiger partial charge in [0.2, 0.25) is 5.91 Å². The number of piperazine rings is 1. The smallest absolute Gasteiger partial charge is 0.247 e. The van der Waals surface area contributed by atoms with Crippen molar-refractivity contribution in [3.05, 3.63) is 34.3 Å². The van der Waals surface area contributed by atoms with Crippen LogP contribution in [0, 0.1) is 0 Å². The van der Waals surface area contributed by atoms with E-state index in [0.29, 0.717) is 6.04 Å². The van der Waals surface area contributed by atoms with Crippen molar-refractivity contribution in [3.63, 3.8) is 0 Å². The molecule has 0 aromatic heterocycles. The van der Waals surface area contributed by atoms with E-state index in [0.717, 1.165) is 23.1 Å². The summed E-state index contributed by atoms with van der Waals surface area (Å²) < 4.78 is 0.993. The van der Waals surface area contributed by atoms with Crippen molar-refractivity contribution in [3.8, 4) is 0 Å². The first kappa shape index (κ1) is 16.0. The van der Waals surface area contributed by atoms with Gasteiger partial charge in [0.15, 0.2) is 0 Å². The molecule has 0 radical (unpaired) electrons. The Morgan fingerprint density at radius 1 is 1.32 bits per heavy atom. The van der Waals surface area contributed by atoms with E-state index in [1.54, 1.807) is 0 Å². The van der Waals surface area contributed by atoms with Crippen molar-refractivity contribution in [2.24, 2.45) is 5.73 Å². The van der Waals surface area contributed by atoms with Crippen LogP contribution in [0.2, 0.25) is 0 Å². The fraction of sp³-hybridized carbons (Fsp3) is 0.588. The van der Waals surface area contributed by atoms with Crippen LogP contribution in [0.25, 0.3) is 0 Å². The first-order chi connectivity index (χ1) is 10.4. The summed E-state index contributed by atoms with van der Waals surface area (Å²) >= 11 is 3.42. The molecule has 3 unspecified atom stereocenters. The first-order valence-electron chi connectivity index (χ1n) is 7.99. The summed E-state index contributed by atoms with van der Waals surface area (Å²) in [6.07, 6.45) is 2.43. The molecule has 3 rings (SSSR count). The number of amides is 1. The van der Waals surface area contributed by atoms with Crippen LogP contribution in [0.15, 0.2) is 28.7 Å². The minimum Gasteiger partial charge on any atom is -0.335 e. The van der Waals surface area contributed by atoms with Gasteiger partial charge in [-0.1, -0.05) is 28.1 Å². The molecule has 2 aliphatic rings. The zero-order valence-electron chi connectivity index (χ0n) is 13.3. The molecule has 2 saturated heterocycles. The fourth-order valence-corrected chi connectivity index (χ4v) is 3.95. The van der Waals surface area contributed by atoms with Gasteiger partial charge < -0.3 is 10.6 Å².